The van der Waals surface area contributed by atoms with Crippen LogP contribution in [0.2, 0.25) is 0 Å². The zero-order chi connectivity index (χ0) is 14.0. The third kappa shape index (κ3) is 3.16. The molecule has 19 heavy (non-hydrogen) atoms. The van der Waals surface area contributed by atoms with Gasteiger partial charge < -0.3 is 0 Å². The maximum atomic E-state index is 13.0. The summed E-state index contributed by atoms with van der Waals surface area (Å²) in [5.41, 5.74) is 0.379. The molecule has 0 aliphatic carbocycles. The fourth-order valence-electron chi connectivity index (χ4n) is 2.03. The molecule has 0 atom stereocenters. The van der Waals surface area contributed by atoms with Gasteiger partial charge in [-0.2, -0.15) is 18.3 Å². The molecule has 2 rings (SSSR count). The van der Waals surface area contributed by atoms with Gasteiger partial charge in [0.15, 0.2) is 0 Å². The molecule has 102 valence electrons. The molecular formula is C14H15F3N2. The second-order valence-electron chi connectivity index (χ2n) is 4.78. The van der Waals surface area contributed by atoms with E-state index in [1.54, 1.807) is 49.1 Å². The largest absolute Gasteiger partial charge is 0.416 e. The zero-order valence-electron chi connectivity index (χ0n) is 10.8. The van der Waals surface area contributed by atoms with Gasteiger partial charge in [0.1, 0.15) is 0 Å². The lowest BCUT2D eigenvalue weighted by atomic mass is 9.95. The summed E-state index contributed by atoms with van der Waals surface area (Å²) in [6, 6.07) is 6.25. The molecule has 0 fully saturated rings. The smallest absolute Gasteiger partial charge is 0.268 e. The van der Waals surface area contributed by atoms with E-state index in [2.05, 4.69) is 5.10 Å². The molecule has 0 spiro atoms. The van der Waals surface area contributed by atoms with Crippen LogP contribution in [-0.4, -0.2) is 9.78 Å². The van der Waals surface area contributed by atoms with Crippen LogP contribution in [0, 0.1) is 0 Å². The van der Waals surface area contributed by atoms with Crippen LogP contribution in [0.25, 0.3) is 0 Å². The molecule has 0 radical (unpaired) electrons. The van der Waals surface area contributed by atoms with Crippen LogP contribution in [0.3, 0.4) is 0 Å². The average Bonchev–Trinajstić information content (AvgIpc) is 2.80. The SMILES string of the molecule is CC(C)c1ccc(Cn2cccn2)cc1C(F)(F)F. The first-order chi connectivity index (χ1) is 8.88. The van der Waals surface area contributed by atoms with Gasteiger partial charge in [-0.1, -0.05) is 26.0 Å². The first-order valence-electron chi connectivity index (χ1n) is 6.05. The minimum atomic E-state index is -4.32. The molecule has 0 unspecified atom stereocenters. The number of aromatic nitrogens is 2. The van der Waals surface area contributed by atoms with Crippen LogP contribution in [-0.2, 0) is 12.7 Å². The standard InChI is InChI=1S/C14H15F3N2/c1-10(2)12-5-4-11(8-13(12)14(15,16)17)9-19-7-3-6-18-19/h3-8,10H,9H2,1-2H3. The first-order valence-corrected chi connectivity index (χ1v) is 6.05. The van der Waals surface area contributed by atoms with Gasteiger partial charge in [-0.3, -0.25) is 4.68 Å². The van der Waals surface area contributed by atoms with Crippen molar-refractivity contribution in [2.45, 2.75) is 32.5 Å². The lowest BCUT2D eigenvalue weighted by molar-refractivity contribution is -0.138. The van der Waals surface area contributed by atoms with E-state index in [0.717, 1.165) is 0 Å². The second-order valence-corrected chi connectivity index (χ2v) is 4.78. The summed E-state index contributed by atoms with van der Waals surface area (Å²) in [6.07, 6.45) is -0.990. The third-order valence-electron chi connectivity index (χ3n) is 2.95. The van der Waals surface area contributed by atoms with Gasteiger partial charge in [-0.05, 0) is 29.2 Å². The van der Waals surface area contributed by atoms with Crippen molar-refractivity contribution >= 4 is 0 Å². The number of benzene rings is 1. The molecule has 1 aromatic heterocycles. The average molecular weight is 268 g/mol. The fourth-order valence-corrected chi connectivity index (χ4v) is 2.03. The molecule has 0 aliphatic rings. The first kappa shape index (κ1) is 13.6. The number of halogens is 3. The Morgan fingerprint density at radius 2 is 2.00 bits per heavy atom. The number of nitrogens with zero attached hydrogens (tertiary/aromatic N) is 2. The van der Waals surface area contributed by atoms with Gasteiger partial charge in [0.05, 0.1) is 12.1 Å². The fraction of sp³-hybridized carbons (Fsp3) is 0.357. The number of hydrogen-bond acceptors (Lipinski definition) is 1. The lowest BCUT2D eigenvalue weighted by Gasteiger charge is -2.17. The summed E-state index contributed by atoms with van der Waals surface area (Å²) in [4.78, 5) is 0. The Kier molecular flexibility index (Phi) is 3.64. The normalized spacial score (nSPS) is 12.1. The lowest BCUT2D eigenvalue weighted by Crippen LogP contribution is -2.12. The number of rotatable bonds is 3. The molecule has 5 heteroatoms. The molecule has 0 N–H and O–H groups in total. The Bertz CT molecular complexity index is 542. The van der Waals surface area contributed by atoms with Crippen LogP contribution >= 0.6 is 0 Å². The quantitative estimate of drug-likeness (QED) is 0.820. The summed E-state index contributed by atoms with van der Waals surface area (Å²) in [6.45, 7) is 3.87. The van der Waals surface area contributed by atoms with Crippen molar-refractivity contribution in [1.82, 2.24) is 9.78 Å². The van der Waals surface area contributed by atoms with Crippen LogP contribution in [0.15, 0.2) is 36.7 Å². The van der Waals surface area contributed by atoms with E-state index in [4.69, 9.17) is 0 Å². The van der Waals surface area contributed by atoms with Crippen molar-refractivity contribution in [3.63, 3.8) is 0 Å². The minimum Gasteiger partial charge on any atom is -0.268 e. The molecular weight excluding hydrogens is 253 g/mol. The van der Waals surface area contributed by atoms with E-state index in [0.29, 0.717) is 17.7 Å². The number of alkyl halides is 3. The van der Waals surface area contributed by atoms with Crippen LogP contribution < -0.4 is 0 Å². The van der Waals surface area contributed by atoms with Gasteiger partial charge in [0, 0.05) is 12.4 Å². The summed E-state index contributed by atoms with van der Waals surface area (Å²) in [7, 11) is 0. The Morgan fingerprint density at radius 1 is 1.26 bits per heavy atom. The van der Waals surface area contributed by atoms with Gasteiger partial charge in [-0.15, -0.1) is 0 Å². The van der Waals surface area contributed by atoms with Gasteiger partial charge >= 0.3 is 6.18 Å². The van der Waals surface area contributed by atoms with Crippen LogP contribution in [0.5, 0.6) is 0 Å². The molecule has 2 aromatic rings. The second kappa shape index (κ2) is 5.07. The monoisotopic (exact) mass is 268 g/mol. The maximum Gasteiger partial charge on any atom is 0.416 e. The highest BCUT2D eigenvalue weighted by Gasteiger charge is 2.34. The van der Waals surface area contributed by atoms with Gasteiger partial charge in [0.25, 0.3) is 0 Å². The molecule has 1 heterocycles. The van der Waals surface area contributed by atoms with E-state index in [1.165, 1.54) is 6.07 Å². The summed E-state index contributed by atoms with van der Waals surface area (Å²) in [5, 5.41) is 4.00. The molecule has 0 amide bonds. The highest BCUT2D eigenvalue weighted by atomic mass is 19.4. The van der Waals surface area contributed by atoms with Crippen molar-refractivity contribution < 1.29 is 13.2 Å². The Balaban J connectivity index is 2.38. The molecule has 2 nitrogen and oxygen atoms in total. The minimum absolute atomic E-state index is 0.157. The van der Waals surface area contributed by atoms with E-state index < -0.39 is 11.7 Å². The van der Waals surface area contributed by atoms with E-state index in [-0.39, 0.29) is 5.92 Å². The molecule has 0 bridgehead atoms. The van der Waals surface area contributed by atoms with Crippen LogP contribution in [0.1, 0.15) is 36.5 Å². The topological polar surface area (TPSA) is 17.8 Å². The summed E-state index contributed by atoms with van der Waals surface area (Å²) in [5.74, 6) is -0.157. The molecule has 0 saturated carbocycles. The Hall–Kier alpha value is -1.78. The number of hydrogen-bond donors (Lipinski definition) is 0. The van der Waals surface area contributed by atoms with Crippen molar-refractivity contribution in [1.29, 1.82) is 0 Å². The highest BCUT2D eigenvalue weighted by molar-refractivity contribution is 5.36. The van der Waals surface area contributed by atoms with E-state index in [9.17, 15) is 13.2 Å². The third-order valence-corrected chi connectivity index (χ3v) is 2.95. The van der Waals surface area contributed by atoms with Gasteiger partial charge in [-0.25, -0.2) is 0 Å². The predicted octanol–water partition coefficient (Wildman–Crippen LogP) is 4.07. The Labute approximate surface area is 109 Å². The molecule has 1 aromatic carbocycles. The molecule has 0 aliphatic heterocycles. The van der Waals surface area contributed by atoms with Gasteiger partial charge in [0.2, 0.25) is 0 Å². The van der Waals surface area contributed by atoms with Crippen molar-refractivity contribution in [2.75, 3.05) is 0 Å². The van der Waals surface area contributed by atoms with Crippen molar-refractivity contribution in [2.24, 2.45) is 0 Å². The van der Waals surface area contributed by atoms with Crippen molar-refractivity contribution in [3.05, 3.63) is 53.3 Å². The highest BCUT2D eigenvalue weighted by Crippen LogP contribution is 2.35. The van der Waals surface area contributed by atoms with E-state index >= 15 is 0 Å². The van der Waals surface area contributed by atoms with Crippen LogP contribution in [0.4, 0.5) is 13.2 Å². The zero-order valence-corrected chi connectivity index (χ0v) is 10.8. The summed E-state index contributed by atoms with van der Waals surface area (Å²) >= 11 is 0. The van der Waals surface area contributed by atoms with E-state index in [1.807, 2.05) is 0 Å². The Morgan fingerprint density at radius 3 is 2.53 bits per heavy atom. The maximum absolute atomic E-state index is 13.0. The predicted molar refractivity (Wildman–Crippen MR) is 66.9 cm³/mol. The molecule has 0 saturated heterocycles. The van der Waals surface area contributed by atoms with Crippen molar-refractivity contribution in [3.8, 4) is 0 Å². The summed E-state index contributed by atoms with van der Waals surface area (Å²) < 4.78 is 40.7.